The van der Waals surface area contributed by atoms with Crippen LogP contribution < -0.4 is 4.57 Å². The van der Waals surface area contributed by atoms with Crippen molar-refractivity contribution >= 4 is 43.5 Å². The largest absolute Gasteiger partial charge is 0.454 e. The van der Waals surface area contributed by atoms with Crippen LogP contribution in [0.5, 0.6) is 0 Å². The summed E-state index contributed by atoms with van der Waals surface area (Å²) in [5, 5.41) is 7.27. The van der Waals surface area contributed by atoms with Crippen LogP contribution in [0, 0.1) is 6.92 Å². The Balaban J connectivity index is 1.42. The van der Waals surface area contributed by atoms with Gasteiger partial charge in [-0.05, 0) is 56.8 Å². The molecule has 0 aliphatic rings. The molecule has 8 rings (SSSR count). The minimum absolute atomic E-state index is 0.927. The third kappa shape index (κ3) is 3.68. The number of pyridine rings is 1. The first-order valence-corrected chi connectivity index (χ1v) is 14.1. The van der Waals surface area contributed by atoms with E-state index in [1.807, 2.05) is 0 Å². The van der Waals surface area contributed by atoms with Crippen LogP contribution in [0.3, 0.4) is 0 Å². The fraction of sp³-hybridized carbons (Fsp3) is 0.0513. The predicted octanol–water partition coefficient (Wildman–Crippen LogP) is 10.0. The number of rotatable bonds is 3. The van der Waals surface area contributed by atoms with Gasteiger partial charge in [-0.2, -0.15) is 0 Å². The molecule has 0 amide bonds. The van der Waals surface area contributed by atoms with E-state index >= 15 is 0 Å². The second-order valence-electron chi connectivity index (χ2n) is 10.9. The van der Waals surface area contributed by atoms with Crippen LogP contribution in [0.25, 0.3) is 77.0 Å². The van der Waals surface area contributed by atoms with Crippen molar-refractivity contribution in [3.63, 3.8) is 0 Å². The molecule has 2 aromatic heterocycles. The zero-order chi connectivity index (χ0) is 27.5. The maximum absolute atomic E-state index is 6.95. The van der Waals surface area contributed by atoms with Gasteiger partial charge in [0.2, 0.25) is 5.69 Å². The van der Waals surface area contributed by atoms with E-state index in [-0.39, 0.29) is 0 Å². The van der Waals surface area contributed by atoms with Crippen LogP contribution in [0.4, 0.5) is 0 Å². The van der Waals surface area contributed by atoms with E-state index < -0.39 is 0 Å². The van der Waals surface area contributed by atoms with Gasteiger partial charge < -0.3 is 4.42 Å². The molecule has 0 aliphatic heterocycles. The van der Waals surface area contributed by atoms with E-state index in [0.29, 0.717) is 0 Å². The molecule has 8 aromatic rings. The average molecular weight is 527 g/mol. The fourth-order valence-corrected chi connectivity index (χ4v) is 6.40. The maximum atomic E-state index is 6.95. The van der Waals surface area contributed by atoms with E-state index in [1.165, 1.54) is 43.8 Å². The monoisotopic (exact) mass is 526 g/mol. The van der Waals surface area contributed by atoms with E-state index in [0.717, 1.165) is 38.8 Å². The summed E-state index contributed by atoms with van der Waals surface area (Å²) in [5.74, 6) is 0. The SMILES string of the molecule is Cc1ccc2c(oc3c(-c4cc5ccccc5c5ccccc45)cccc32)c1-c1cc(-c2ccccc2)cc[n+]1C. The summed E-state index contributed by atoms with van der Waals surface area (Å²) in [7, 11) is 2.11. The molecule has 2 heteroatoms. The summed E-state index contributed by atoms with van der Waals surface area (Å²) in [6.07, 6.45) is 2.14. The Labute approximate surface area is 238 Å². The number of fused-ring (bicyclic) bond motifs is 6. The van der Waals surface area contributed by atoms with Crippen molar-refractivity contribution in [3.8, 4) is 33.5 Å². The first-order valence-electron chi connectivity index (χ1n) is 14.1. The van der Waals surface area contributed by atoms with Crippen LogP contribution in [-0.4, -0.2) is 0 Å². The number of nitrogens with zero attached hydrogens (tertiary/aromatic N) is 1. The van der Waals surface area contributed by atoms with E-state index in [9.17, 15) is 0 Å². The molecular weight excluding hydrogens is 498 g/mol. The lowest BCUT2D eigenvalue weighted by molar-refractivity contribution is -0.660. The average Bonchev–Trinajstić information content (AvgIpc) is 3.40. The van der Waals surface area contributed by atoms with Crippen molar-refractivity contribution in [1.29, 1.82) is 0 Å². The minimum Gasteiger partial charge on any atom is -0.454 e. The molecule has 0 atom stereocenters. The number of aryl methyl sites for hydroxylation is 2. The number of para-hydroxylation sites is 1. The van der Waals surface area contributed by atoms with Crippen LogP contribution in [0.15, 0.2) is 138 Å². The molecule has 0 saturated carbocycles. The fourth-order valence-electron chi connectivity index (χ4n) is 6.40. The molecule has 194 valence electrons. The van der Waals surface area contributed by atoms with Crippen molar-refractivity contribution in [2.24, 2.45) is 7.05 Å². The molecule has 0 bridgehead atoms. The quantitative estimate of drug-likeness (QED) is 0.165. The molecule has 0 aliphatic carbocycles. The molecule has 0 saturated heterocycles. The summed E-state index contributed by atoms with van der Waals surface area (Å²) in [5.41, 5.74) is 10.0. The highest BCUT2D eigenvalue weighted by atomic mass is 16.3. The van der Waals surface area contributed by atoms with E-state index in [4.69, 9.17) is 4.42 Å². The van der Waals surface area contributed by atoms with Crippen LogP contribution in [0.2, 0.25) is 0 Å². The Kier molecular flexibility index (Phi) is 5.30. The molecular formula is C39H28NO+. The Morgan fingerprint density at radius 1 is 0.512 bits per heavy atom. The van der Waals surface area contributed by atoms with Crippen LogP contribution in [0.1, 0.15) is 5.56 Å². The zero-order valence-corrected chi connectivity index (χ0v) is 23.1. The lowest BCUT2D eigenvalue weighted by Crippen LogP contribution is -2.30. The van der Waals surface area contributed by atoms with Crippen molar-refractivity contribution in [1.82, 2.24) is 0 Å². The van der Waals surface area contributed by atoms with Gasteiger partial charge in [0.25, 0.3) is 0 Å². The van der Waals surface area contributed by atoms with Gasteiger partial charge in [0.15, 0.2) is 6.20 Å². The van der Waals surface area contributed by atoms with E-state index in [1.54, 1.807) is 0 Å². The van der Waals surface area contributed by atoms with E-state index in [2.05, 4.69) is 152 Å². The van der Waals surface area contributed by atoms with Gasteiger partial charge in [-0.3, -0.25) is 0 Å². The van der Waals surface area contributed by atoms with Crippen molar-refractivity contribution in [3.05, 3.63) is 139 Å². The Morgan fingerprint density at radius 3 is 2.07 bits per heavy atom. The number of hydrogen-bond acceptors (Lipinski definition) is 1. The number of furan rings is 1. The van der Waals surface area contributed by atoms with Gasteiger partial charge in [-0.1, -0.05) is 109 Å². The molecule has 0 unspecified atom stereocenters. The number of hydrogen-bond donors (Lipinski definition) is 0. The summed E-state index contributed by atoms with van der Waals surface area (Å²) in [4.78, 5) is 0. The van der Waals surface area contributed by atoms with Gasteiger partial charge in [-0.25, -0.2) is 4.57 Å². The third-order valence-electron chi connectivity index (χ3n) is 8.45. The van der Waals surface area contributed by atoms with Crippen molar-refractivity contribution in [2.45, 2.75) is 6.92 Å². The molecule has 0 N–H and O–H groups in total. The highest BCUT2D eigenvalue weighted by Gasteiger charge is 2.23. The Morgan fingerprint density at radius 2 is 1.22 bits per heavy atom. The molecule has 2 heterocycles. The van der Waals surface area contributed by atoms with Crippen LogP contribution >= 0.6 is 0 Å². The topological polar surface area (TPSA) is 17.0 Å². The normalized spacial score (nSPS) is 11.7. The van der Waals surface area contributed by atoms with Gasteiger partial charge in [-0.15, -0.1) is 0 Å². The summed E-state index contributed by atoms with van der Waals surface area (Å²) >= 11 is 0. The summed E-state index contributed by atoms with van der Waals surface area (Å²) < 4.78 is 9.15. The zero-order valence-electron chi connectivity index (χ0n) is 23.1. The Bertz CT molecular complexity index is 2270. The molecule has 0 fully saturated rings. The highest BCUT2D eigenvalue weighted by Crippen LogP contribution is 2.43. The standard InChI is InChI=1S/C39H28NO/c1-25-19-20-34-32-17-10-18-33(35-23-28-13-6-7-14-29(28)30-15-8-9-16-31(30)35)38(32)41-39(34)37(25)36-24-27(21-22-40(36)2)26-11-4-3-5-12-26/h3-24H,1-2H3/q+1. The first-order chi connectivity index (χ1) is 20.2. The molecule has 0 radical (unpaired) electrons. The summed E-state index contributed by atoms with van der Waals surface area (Å²) in [6.45, 7) is 2.18. The first kappa shape index (κ1) is 23.7. The molecule has 6 aromatic carbocycles. The maximum Gasteiger partial charge on any atom is 0.216 e. The Hall–Kier alpha value is -5.21. The van der Waals surface area contributed by atoms with Gasteiger partial charge in [0.1, 0.15) is 18.2 Å². The van der Waals surface area contributed by atoms with Gasteiger partial charge in [0.05, 0.1) is 5.56 Å². The van der Waals surface area contributed by atoms with Gasteiger partial charge in [0, 0.05) is 28.5 Å². The van der Waals surface area contributed by atoms with Gasteiger partial charge >= 0.3 is 0 Å². The third-order valence-corrected chi connectivity index (χ3v) is 8.45. The lowest BCUT2D eigenvalue weighted by Gasteiger charge is -2.11. The smallest absolute Gasteiger partial charge is 0.216 e. The van der Waals surface area contributed by atoms with Crippen LogP contribution in [-0.2, 0) is 7.05 Å². The predicted molar refractivity (Wildman–Crippen MR) is 171 cm³/mol. The molecule has 2 nitrogen and oxygen atoms in total. The summed E-state index contributed by atoms with van der Waals surface area (Å²) in [6, 6.07) is 45.6. The highest BCUT2D eigenvalue weighted by molar-refractivity contribution is 6.18. The molecule has 0 spiro atoms. The molecule has 41 heavy (non-hydrogen) atoms. The van der Waals surface area contributed by atoms with Crippen molar-refractivity contribution in [2.75, 3.05) is 0 Å². The minimum atomic E-state index is 0.927. The second-order valence-corrected chi connectivity index (χ2v) is 10.9. The van der Waals surface area contributed by atoms with Crippen molar-refractivity contribution < 1.29 is 8.98 Å². The second kappa shape index (κ2) is 9.18. The number of aromatic nitrogens is 1. The lowest BCUT2D eigenvalue weighted by atomic mass is 9.92. The number of benzene rings is 6.